The fraction of sp³-hybridized carbons (Fsp3) is 0.133. The number of rotatable bonds is 2. The van der Waals surface area contributed by atoms with Crippen molar-refractivity contribution in [2.75, 3.05) is 14.2 Å². The van der Waals surface area contributed by atoms with Crippen LogP contribution in [0.1, 0.15) is 0 Å². The third-order valence-corrected chi connectivity index (χ3v) is 3.17. The van der Waals surface area contributed by atoms with Crippen LogP contribution in [-0.2, 0) is 0 Å². The van der Waals surface area contributed by atoms with Gasteiger partial charge in [-0.1, -0.05) is 6.07 Å². The number of phenolic OH excluding ortho intramolecular Hbond substituents is 1. The maximum absolute atomic E-state index is 12.5. The fourth-order valence-electron chi connectivity index (χ4n) is 2.24. The van der Waals surface area contributed by atoms with Gasteiger partial charge in [0.05, 0.1) is 14.2 Å². The quantitative estimate of drug-likeness (QED) is 0.726. The second-order valence-corrected chi connectivity index (χ2v) is 4.28. The Morgan fingerprint density at radius 3 is 2.55 bits per heavy atom. The highest BCUT2D eigenvalue weighted by molar-refractivity contribution is 5.96. The van der Waals surface area contributed by atoms with E-state index in [1.807, 2.05) is 0 Å². The van der Waals surface area contributed by atoms with E-state index < -0.39 is 0 Å². The molecule has 0 atom stereocenters. The molecule has 1 aromatic heterocycles. The molecule has 0 saturated heterocycles. The van der Waals surface area contributed by atoms with Gasteiger partial charge in [-0.15, -0.1) is 0 Å². The van der Waals surface area contributed by atoms with Crippen LogP contribution in [0.15, 0.2) is 39.5 Å². The van der Waals surface area contributed by atoms with Crippen molar-refractivity contribution in [1.82, 2.24) is 0 Å². The monoisotopic (exact) mass is 272 g/mol. The van der Waals surface area contributed by atoms with E-state index >= 15 is 0 Å². The van der Waals surface area contributed by atoms with Crippen molar-refractivity contribution >= 4 is 21.9 Å². The van der Waals surface area contributed by atoms with Gasteiger partial charge in [0.25, 0.3) is 0 Å². The standard InChI is InChI=1S/C15H12O5/c1-18-8-6-9(16)13-12(7-8)20-11-5-3-4-10(19-2)14(11)15(13)17/h3-7,16H,1-2H3. The van der Waals surface area contributed by atoms with E-state index in [0.717, 1.165) is 0 Å². The van der Waals surface area contributed by atoms with E-state index in [9.17, 15) is 9.90 Å². The van der Waals surface area contributed by atoms with Gasteiger partial charge < -0.3 is 19.0 Å². The van der Waals surface area contributed by atoms with Gasteiger partial charge in [-0.25, -0.2) is 0 Å². The van der Waals surface area contributed by atoms with Crippen molar-refractivity contribution in [3.05, 3.63) is 40.6 Å². The van der Waals surface area contributed by atoms with Crippen LogP contribution in [0.25, 0.3) is 21.9 Å². The maximum atomic E-state index is 12.5. The van der Waals surface area contributed by atoms with E-state index in [0.29, 0.717) is 22.5 Å². The number of phenols is 1. The Bertz CT molecular complexity index is 863. The second kappa shape index (κ2) is 4.45. The highest BCUT2D eigenvalue weighted by atomic mass is 16.5. The van der Waals surface area contributed by atoms with Gasteiger partial charge in [0.1, 0.15) is 39.2 Å². The average molecular weight is 272 g/mol. The predicted octanol–water partition coefficient (Wildman–Crippen LogP) is 2.67. The zero-order valence-corrected chi connectivity index (χ0v) is 11.0. The first-order valence-electron chi connectivity index (χ1n) is 5.96. The fourth-order valence-corrected chi connectivity index (χ4v) is 2.24. The highest BCUT2D eigenvalue weighted by Crippen LogP contribution is 2.32. The molecule has 0 bridgehead atoms. The zero-order chi connectivity index (χ0) is 14.3. The van der Waals surface area contributed by atoms with Crippen LogP contribution in [0.5, 0.6) is 17.2 Å². The first-order chi connectivity index (χ1) is 9.65. The lowest BCUT2D eigenvalue weighted by atomic mass is 10.1. The largest absolute Gasteiger partial charge is 0.507 e. The van der Waals surface area contributed by atoms with Crippen LogP contribution in [-0.4, -0.2) is 19.3 Å². The first-order valence-corrected chi connectivity index (χ1v) is 5.96. The highest BCUT2D eigenvalue weighted by Gasteiger charge is 2.16. The number of hydrogen-bond donors (Lipinski definition) is 1. The molecule has 102 valence electrons. The molecule has 0 aliphatic carbocycles. The molecule has 1 N–H and O–H groups in total. The lowest BCUT2D eigenvalue weighted by Gasteiger charge is -2.08. The number of aromatic hydroxyl groups is 1. The maximum Gasteiger partial charge on any atom is 0.208 e. The molecule has 2 aromatic carbocycles. The molecule has 0 spiro atoms. The summed E-state index contributed by atoms with van der Waals surface area (Å²) < 4.78 is 15.9. The van der Waals surface area contributed by atoms with E-state index in [-0.39, 0.29) is 22.1 Å². The molecule has 3 rings (SSSR count). The molecule has 1 heterocycles. The Labute approximate surface area is 114 Å². The van der Waals surface area contributed by atoms with Gasteiger partial charge in [0.15, 0.2) is 0 Å². The van der Waals surface area contributed by atoms with Gasteiger partial charge in [-0.2, -0.15) is 0 Å². The summed E-state index contributed by atoms with van der Waals surface area (Å²) >= 11 is 0. The minimum absolute atomic E-state index is 0.114. The van der Waals surface area contributed by atoms with E-state index in [4.69, 9.17) is 13.9 Å². The van der Waals surface area contributed by atoms with Crippen LogP contribution in [0.2, 0.25) is 0 Å². The number of hydrogen-bond acceptors (Lipinski definition) is 5. The lowest BCUT2D eigenvalue weighted by Crippen LogP contribution is -2.04. The summed E-state index contributed by atoms with van der Waals surface area (Å²) in [5, 5.41) is 10.4. The number of benzene rings is 2. The van der Waals surface area contributed by atoms with Crippen molar-refractivity contribution in [3.8, 4) is 17.2 Å². The SMILES string of the molecule is COc1cc(O)c2c(=O)c3c(OC)cccc3oc2c1. The predicted molar refractivity (Wildman–Crippen MR) is 74.8 cm³/mol. The van der Waals surface area contributed by atoms with Gasteiger partial charge in [0, 0.05) is 12.1 Å². The minimum Gasteiger partial charge on any atom is -0.507 e. The summed E-state index contributed by atoms with van der Waals surface area (Å²) in [5.41, 5.74) is 0.334. The summed E-state index contributed by atoms with van der Waals surface area (Å²) in [7, 11) is 2.95. The third-order valence-electron chi connectivity index (χ3n) is 3.17. The van der Waals surface area contributed by atoms with Gasteiger partial charge in [-0.05, 0) is 12.1 Å². The Balaban J connectivity index is 2.54. The van der Waals surface area contributed by atoms with Crippen molar-refractivity contribution in [3.63, 3.8) is 0 Å². The van der Waals surface area contributed by atoms with Gasteiger partial charge in [0.2, 0.25) is 5.43 Å². The van der Waals surface area contributed by atoms with E-state index in [1.54, 1.807) is 24.3 Å². The molecule has 5 heteroatoms. The number of methoxy groups -OCH3 is 2. The van der Waals surface area contributed by atoms with Gasteiger partial charge in [-0.3, -0.25) is 4.79 Å². The summed E-state index contributed by atoms with van der Waals surface area (Å²) in [6, 6.07) is 8.02. The number of ether oxygens (including phenoxy) is 2. The van der Waals surface area contributed by atoms with Crippen molar-refractivity contribution < 1.29 is 19.0 Å². The lowest BCUT2D eigenvalue weighted by molar-refractivity contribution is 0.408. The molecule has 3 aromatic rings. The van der Waals surface area contributed by atoms with Crippen LogP contribution >= 0.6 is 0 Å². The summed E-state index contributed by atoms with van der Waals surface area (Å²) in [6.07, 6.45) is 0. The Hall–Kier alpha value is -2.69. The minimum atomic E-state index is -0.334. The molecule has 0 fully saturated rings. The first kappa shape index (κ1) is 12.3. The Morgan fingerprint density at radius 2 is 1.85 bits per heavy atom. The molecule has 0 amide bonds. The topological polar surface area (TPSA) is 68.9 Å². The van der Waals surface area contributed by atoms with Crippen LogP contribution in [0, 0.1) is 0 Å². The molecule has 0 radical (unpaired) electrons. The van der Waals surface area contributed by atoms with Crippen LogP contribution < -0.4 is 14.9 Å². The smallest absolute Gasteiger partial charge is 0.208 e. The average Bonchev–Trinajstić information content (AvgIpc) is 2.45. The van der Waals surface area contributed by atoms with Crippen molar-refractivity contribution in [1.29, 1.82) is 0 Å². The molecule has 20 heavy (non-hydrogen) atoms. The zero-order valence-electron chi connectivity index (χ0n) is 11.0. The molecule has 0 aliphatic rings. The van der Waals surface area contributed by atoms with E-state index in [1.165, 1.54) is 20.3 Å². The second-order valence-electron chi connectivity index (χ2n) is 4.28. The van der Waals surface area contributed by atoms with Gasteiger partial charge >= 0.3 is 0 Å². The van der Waals surface area contributed by atoms with Crippen molar-refractivity contribution in [2.24, 2.45) is 0 Å². The number of fused-ring (bicyclic) bond motifs is 2. The molecule has 0 aliphatic heterocycles. The molecule has 0 unspecified atom stereocenters. The Kier molecular flexibility index (Phi) is 2.75. The van der Waals surface area contributed by atoms with Crippen LogP contribution in [0.3, 0.4) is 0 Å². The molecular formula is C15H12O5. The molecule has 0 saturated carbocycles. The molecule has 5 nitrogen and oxygen atoms in total. The van der Waals surface area contributed by atoms with Crippen molar-refractivity contribution in [2.45, 2.75) is 0 Å². The summed E-state index contributed by atoms with van der Waals surface area (Å²) in [4.78, 5) is 12.5. The molecular weight excluding hydrogens is 260 g/mol. The Morgan fingerprint density at radius 1 is 1.05 bits per heavy atom. The van der Waals surface area contributed by atoms with Crippen LogP contribution in [0.4, 0.5) is 0 Å². The third kappa shape index (κ3) is 1.67. The summed E-state index contributed by atoms with van der Waals surface area (Å²) in [5.74, 6) is 0.648. The summed E-state index contributed by atoms with van der Waals surface area (Å²) in [6.45, 7) is 0. The van der Waals surface area contributed by atoms with E-state index in [2.05, 4.69) is 0 Å². The normalized spacial score (nSPS) is 10.9.